The highest BCUT2D eigenvalue weighted by atomic mass is 16.7. The van der Waals surface area contributed by atoms with Gasteiger partial charge in [-0.15, -0.1) is 0 Å². The highest BCUT2D eigenvalue weighted by Gasteiger charge is 2.60. The van der Waals surface area contributed by atoms with Crippen LogP contribution in [-0.4, -0.2) is 17.9 Å². The van der Waals surface area contributed by atoms with Crippen LogP contribution in [-0.2, 0) is 14.4 Å². The summed E-state index contributed by atoms with van der Waals surface area (Å²) in [6, 6.07) is 25.4. The number of rotatable bonds is 3. The molecule has 0 spiro atoms. The molecular weight excluding hydrogens is 390 g/mol. The summed E-state index contributed by atoms with van der Waals surface area (Å²) in [5.41, 5.74) is 3.69. The number of anilines is 2. The van der Waals surface area contributed by atoms with Crippen molar-refractivity contribution in [2.45, 2.75) is 19.1 Å². The first-order chi connectivity index (χ1) is 15.1. The van der Waals surface area contributed by atoms with Gasteiger partial charge in [0.15, 0.2) is 6.10 Å². The van der Waals surface area contributed by atoms with Crippen molar-refractivity contribution in [3.8, 4) is 6.07 Å². The van der Waals surface area contributed by atoms with Gasteiger partial charge in [0, 0.05) is 0 Å². The van der Waals surface area contributed by atoms with Crippen LogP contribution in [0.1, 0.15) is 22.7 Å². The summed E-state index contributed by atoms with van der Waals surface area (Å²) in [6.07, 6.45) is -0.908. The lowest BCUT2D eigenvalue weighted by Gasteiger charge is -2.28. The Bertz CT molecular complexity index is 1180. The molecule has 3 aromatic rings. The van der Waals surface area contributed by atoms with Crippen LogP contribution in [0.4, 0.5) is 11.4 Å². The van der Waals surface area contributed by atoms with E-state index in [1.165, 1.54) is 4.90 Å². The van der Waals surface area contributed by atoms with Gasteiger partial charge in [0.25, 0.3) is 5.91 Å². The van der Waals surface area contributed by atoms with E-state index in [2.05, 4.69) is 6.07 Å². The first-order valence-corrected chi connectivity index (χ1v) is 10.0. The summed E-state index contributed by atoms with van der Waals surface area (Å²) in [7, 11) is 0. The van der Waals surface area contributed by atoms with E-state index in [9.17, 15) is 9.59 Å². The quantitative estimate of drug-likeness (QED) is 0.613. The number of amides is 2. The van der Waals surface area contributed by atoms with Gasteiger partial charge in [-0.1, -0.05) is 48.0 Å². The monoisotopic (exact) mass is 409 g/mol. The van der Waals surface area contributed by atoms with E-state index >= 15 is 0 Å². The number of hydroxylamine groups is 1. The highest BCUT2D eigenvalue weighted by molar-refractivity contribution is 6.23. The van der Waals surface area contributed by atoms with Crippen LogP contribution < -0.4 is 9.96 Å². The van der Waals surface area contributed by atoms with Crippen LogP contribution in [0.5, 0.6) is 0 Å². The van der Waals surface area contributed by atoms with Gasteiger partial charge >= 0.3 is 0 Å². The summed E-state index contributed by atoms with van der Waals surface area (Å²) in [5.74, 6) is -1.34. The van der Waals surface area contributed by atoms with Crippen molar-refractivity contribution in [2.75, 3.05) is 9.96 Å². The molecule has 0 aromatic heterocycles. The van der Waals surface area contributed by atoms with E-state index in [1.807, 2.05) is 61.5 Å². The van der Waals surface area contributed by atoms with Gasteiger partial charge in [-0.3, -0.25) is 14.4 Å². The molecule has 3 atom stereocenters. The lowest BCUT2D eigenvalue weighted by atomic mass is 9.90. The topological polar surface area (TPSA) is 73.6 Å². The smallest absolute Gasteiger partial charge is 0.266 e. The second-order valence-electron chi connectivity index (χ2n) is 7.74. The molecule has 6 nitrogen and oxygen atoms in total. The zero-order valence-corrected chi connectivity index (χ0v) is 16.8. The third kappa shape index (κ3) is 3.07. The van der Waals surface area contributed by atoms with Crippen molar-refractivity contribution < 1.29 is 14.4 Å². The molecule has 0 bridgehead atoms. The van der Waals surface area contributed by atoms with Gasteiger partial charge in [0.1, 0.15) is 5.92 Å². The largest absolute Gasteiger partial charge is 0.273 e. The third-order valence-electron chi connectivity index (χ3n) is 5.80. The molecule has 2 heterocycles. The fourth-order valence-corrected chi connectivity index (χ4v) is 4.26. The zero-order valence-electron chi connectivity index (χ0n) is 16.8. The van der Waals surface area contributed by atoms with Crippen molar-refractivity contribution in [3.05, 3.63) is 95.6 Å². The van der Waals surface area contributed by atoms with Gasteiger partial charge in [-0.25, -0.2) is 9.96 Å². The van der Waals surface area contributed by atoms with Gasteiger partial charge in [0.05, 0.1) is 29.0 Å². The Morgan fingerprint density at radius 3 is 2.16 bits per heavy atom. The maximum absolute atomic E-state index is 13.5. The number of nitrogens with zero attached hydrogens (tertiary/aromatic N) is 3. The summed E-state index contributed by atoms with van der Waals surface area (Å²) < 4.78 is 0. The minimum atomic E-state index is -0.908. The molecule has 2 saturated heterocycles. The van der Waals surface area contributed by atoms with Crippen LogP contribution in [0.25, 0.3) is 0 Å². The Hall–Kier alpha value is -3.95. The van der Waals surface area contributed by atoms with E-state index in [0.29, 0.717) is 11.3 Å². The van der Waals surface area contributed by atoms with Crippen molar-refractivity contribution in [3.63, 3.8) is 0 Å². The molecule has 0 radical (unpaired) electrons. The Kier molecular flexibility index (Phi) is 4.54. The molecule has 2 aliphatic heterocycles. The summed E-state index contributed by atoms with van der Waals surface area (Å²) in [4.78, 5) is 34.1. The number of carbonyl (C=O) groups excluding carboxylic acids is 2. The molecule has 0 unspecified atom stereocenters. The van der Waals surface area contributed by atoms with E-state index in [1.54, 1.807) is 29.3 Å². The fourth-order valence-electron chi connectivity index (χ4n) is 4.26. The molecule has 3 aromatic carbocycles. The Morgan fingerprint density at radius 2 is 1.52 bits per heavy atom. The summed E-state index contributed by atoms with van der Waals surface area (Å²) in [5, 5.41) is 10.8. The predicted octanol–water partition coefficient (Wildman–Crippen LogP) is 3.92. The maximum Gasteiger partial charge on any atom is 0.266 e. The van der Waals surface area contributed by atoms with Crippen molar-refractivity contribution in [1.82, 2.24) is 0 Å². The third-order valence-corrected chi connectivity index (χ3v) is 5.80. The van der Waals surface area contributed by atoms with E-state index < -0.39 is 18.1 Å². The Balaban J connectivity index is 1.58. The number of para-hydroxylation sites is 1. The lowest BCUT2D eigenvalue weighted by Crippen LogP contribution is -2.37. The molecule has 152 valence electrons. The number of nitriles is 1. The van der Waals surface area contributed by atoms with Crippen molar-refractivity contribution >= 4 is 23.2 Å². The number of imide groups is 1. The molecule has 2 fully saturated rings. The predicted molar refractivity (Wildman–Crippen MR) is 115 cm³/mol. The highest BCUT2D eigenvalue weighted by Crippen LogP contribution is 2.47. The molecule has 0 saturated carbocycles. The number of benzene rings is 3. The first-order valence-electron chi connectivity index (χ1n) is 10.0. The molecule has 6 heteroatoms. The van der Waals surface area contributed by atoms with E-state index in [4.69, 9.17) is 10.1 Å². The molecule has 2 aliphatic rings. The zero-order chi connectivity index (χ0) is 21.5. The fraction of sp³-hybridized carbons (Fsp3) is 0.160. The molecule has 0 N–H and O–H groups in total. The van der Waals surface area contributed by atoms with Crippen LogP contribution in [0, 0.1) is 24.2 Å². The average molecular weight is 409 g/mol. The minimum absolute atomic E-state index is 0.286. The van der Waals surface area contributed by atoms with E-state index in [-0.39, 0.29) is 11.8 Å². The van der Waals surface area contributed by atoms with Crippen LogP contribution in [0.2, 0.25) is 0 Å². The standard InChI is InChI=1S/C25H19N3O3/c1-16-7-13-19(14-8-16)27-24(29)21-22(18-11-9-17(15-26)10-12-18)28(31-23(21)25(27)30)20-5-3-2-4-6-20/h2-14,21-23H,1H3/t21-,22+,23-/m0/s1. The van der Waals surface area contributed by atoms with Gasteiger partial charge in [-0.05, 0) is 48.9 Å². The minimum Gasteiger partial charge on any atom is -0.273 e. The van der Waals surface area contributed by atoms with Crippen LogP contribution >= 0.6 is 0 Å². The van der Waals surface area contributed by atoms with Crippen molar-refractivity contribution in [2.24, 2.45) is 5.92 Å². The average Bonchev–Trinajstić information content (AvgIpc) is 3.31. The molecule has 2 amide bonds. The molecule has 31 heavy (non-hydrogen) atoms. The number of aryl methyl sites for hydroxylation is 1. The van der Waals surface area contributed by atoms with Gasteiger partial charge in [0.2, 0.25) is 5.91 Å². The number of carbonyl (C=O) groups is 2. The SMILES string of the molecule is Cc1ccc(N2C(=O)[C@@H]3[C@H](ON(c4ccccc4)[C@@H]3c3ccc(C#N)cc3)C2=O)cc1. The first kappa shape index (κ1) is 19.0. The van der Waals surface area contributed by atoms with E-state index in [0.717, 1.165) is 16.8 Å². The summed E-state index contributed by atoms with van der Waals surface area (Å²) in [6.45, 7) is 1.95. The maximum atomic E-state index is 13.5. The normalized spacial score (nSPS) is 22.5. The van der Waals surface area contributed by atoms with Gasteiger partial charge in [-0.2, -0.15) is 5.26 Å². The molecular formula is C25H19N3O3. The number of hydrogen-bond donors (Lipinski definition) is 0. The number of fused-ring (bicyclic) bond motifs is 1. The second-order valence-corrected chi connectivity index (χ2v) is 7.74. The van der Waals surface area contributed by atoms with Gasteiger partial charge < -0.3 is 0 Å². The lowest BCUT2D eigenvalue weighted by molar-refractivity contribution is -0.126. The van der Waals surface area contributed by atoms with Crippen LogP contribution in [0.3, 0.4) is 0 Å². The summed E-state index contributed by atoms with van der Waals surface area (Å²) >= 11 is 0. The molecule has 5 rings (SSSR count). The van der Waals surface area contributed by atoms with Crippen molar-refractivity contribution in [1.29, 1.82) is 5.26 Å². The Morgan fingerprint density at radius 1 is 0.839 bits per heavy atom. The Labute approximate surface area is 179 Å². The van der Waals surface area contributed by atoms with Crippen LogP contribution in [0.15, 0.2) is 78.9 Å². The number of hydrogen-bond acceptors (Lipinski definition) is 5. The molecule has 0 aliphatic carbocycles. The second kappa shape index (κ2) is 7.38.